The van der Waals surface area contributed by atoms with Gasteiger partial charge >= 0.3 is 5.97 Å². The van der Waals surface area contributed by atoms with Gasteiger partial charge in [-0.25, -0.2) is 9.68 Å². The maximum absolute atomic E-state index is 10.9. The second-order valence-corrected chi connectivity index (χ2v) is 3.07. The number of hydrogen-bond acceptors (Lipinski definition) is 3. The van der Waals surface area contributed by atoms with Crippen molar-refractivity contribution in [1.82, 2.24) is 0 Å². The van der Waals surface area contributed by atoms with E-state index < -0.39 is 5.97 Å². The lowest BCUT2D eigenvalue weighted by Crippen LogP contribution is -2.08. The molecule has 0 spiro atoms. The highest BCUT2D eigenvalue weighted by Crippen LogP contribution is 2.23. The fraction of sp³-hybridized carbons (Fsp3) is 0.100. The van der Waals surface area contributed by atoms with Gasteiger partial charge in [-0.1, -0.05) is 30.3 Å². The van der Waals surface area contributed by atoms with E-state index in [1.807, 2.05) is 0 Å². The molecule has 4 heteroatoms. The Hall–Kier alpha value is -1.48. The first-order valence-electron chi connectivity index (χ1n) is 3.90. The van der Waals surface area contributed by atoms with Crippen molar-refractivity contribution in [2.45, 2.75) is 6.92 Å². The maximum Gasteiger partial charge on any atom is 0.381 e. The van der Waals surface area contributed by atoms with Crippen LogP contribution in [0.4, 0.5) is 0 Å². The van der Waals surface area contributed by atoms with E-state index in [2.05, 4.69) is 11.5 Å². The van der Waals surface area contributed by atoms with Crippen molar-refractivity contribution < 1.29 is 14.6 Å². The summed E-state index contributed by atoms with van der Waals surface area (Å²) in [6, 6.07) is 6.69. The van der Waals surface area contributed by atoms with Crippen molar-refractivity contribution in [3.05, 3.63) is 41.4 Å². The van der Waals surface area contributed by atoms with Crippen LogP contribution in [-0.4, -0.2) is 5.97 Å². The van der Waals surface area contributed by atoms with Crippen molar-refractivity contribution in [3.8, 4) is 5.75 Å². The van der Waals surface area contributed by atoms with Crippen molar-refractivity contribution in [1.29, 1.82) is 0 Å². The summed E-state index contributed by atoms with van der Waals surface area (Å²) in [6.07, 6.45) is 0. The molecule has 0 aromatic heterocycles. The van der Waals surface area contributed by atoms with Crippen LogP contribution in [0.15, 0.2) is 36.4 Å². The smallest absolute Gasteiger partial charge is 0.285 e. The summed E-state index contributed by atoms with van der Waals surface area (Å²) in [5.41, 5.74) is 0.261. The molecule has 1 rings (SSSR count). The van der Waals surface area contributed by atoms with E-state index >= 15 is 0 Å². The minimum atomic E-state index is -0.620. The zero-order chi connectivity index (χ0) is 10.6. The lowest BCUT2D eigenvalue weighted by molar-refractivity contribution is -0.208. The molecular formula is C10H9ClO3. The van der Waals surface area contributed by atoms with E-state index in [-0.39, 0.29) is 5.57 Å². The Morgan fingerprint density at radius 1 is 1.43 bits per heavy atom. The molecule has 0 N–H and O–H groups in total. The van der Waals surface area contributed by atoms with Gasteiger partial charge in [0, 0.05) is 5.57 Å². The van der Waals surface area contributed by atoms with E-state index in [0.717, 1.165) is 0 Å². The van der Waals surface area contributed by atoms with Crippen LogP contribution in [0.25, 0.3) is 0 Å². The minimum Gasteiger partial charge on any atom is -0.285 e. The monoisotopic (exact) mass is 212 g/mol. The van der Waals surface area contributed by atoms with E-state index in [1.165, 1.54) is 6.92 Å². The number of rotatable bonds is 3. The minimum absolute atomic E-state index is 0.261. The Morgan fingerprint density at radius 3 is 2.64 bits per heavy atom. The molecule has 0 radical (unpaired) electrons. The Kier molecular flexibility index (Phi) is 3.54. The average molecular weight is 213 g/mol. The molecule has 0 unspecified atom stereocenters. The molecule has 0 saturated heterocycles. The van der Waals surface area contributed by atoms with Crippen LogP contribution in [0.2, 0.25) is 5.02 Å². The van der Waals surface area contributed by atoms with Gasteiger partial charge in [-0.05, 0) is 19.1 Å². The lowest BCUT2D eigenvalue weighted by Gasteiger charge is -2.04. The zero-order valence-electron chi connectivity index (χ0n) is 7.62. The number of hydrogen-bond donors (Lipinski definition) is 0. The van der Waals surface area contributed by atoms with E-state index in [9.17, 15) is 4.79 Å². The Bertz CT molecular complexity index is 360. The molecule has 74 valence electrons. The van der Waals surface area contributed by atoms with E-state index in [1.54, 1.807) is 24.3 Å². The second kappa shape index (κ2) is 4.67. The molecule has 0 atom stereocenters. The summed E-state index contributed by atoms with van der Waals surface area (Å²) >= 11 is 5.75. The molecule has 0 fully saturated rings. The normalized spacial score (nSPS) is 9.29. The quantitative estimate of drug-likeness (QED) is 0.439. The summed E-state index contributed by atoms with van der Waals surface area (Å²) in [6.45, 7) is 4.93. The highest BCUT2D eigenvalue weighted by molar-refractivity contribution is 6.32. The molecule has 0 heterocycles. The molecule has 0 aliphatic rings. The van der Waals surface area contributed by atoms with Crippen LogP contribution < -0.4 is 4.89 Å². The number of benzene rings is 1. The first-order chi connectivity index (χ1) is 6.61. The first-order valence-corrected chi connectivity index (χ1v) is 4.28. The molecule has 0 amide bonds. The second-order valence-electron chi connectivity index (χ2n) is 2.66. The van der Waals surface area contributed by atoms with Crippen molar-refractivity contribution in [3.63, 3.8) is 0 Å². The third-order valence-corrected chi connectivity index (χ3v) is 1.70. The summed E-state index contributed by atoms with van der Waals surface area (Å²) in [7, 11) is 0. The van der Waals surface area contributed by atoms with Gasteiger partial charge in [0.05, 0.1) is 5.02 Å². The molecule has 1 aromatic rings. The molecule has 14 heavy (non-hydrogen) atoms. The molecular weight excluding hydrogens is 204 g/mol. The number of halogens is 1. The van der Waals surface area contributed by atoms with Gasteiger partial charge in [-0.3, -0.25) is 4.89 Å². The Balaban J connectivity index is 2.58. The van der Waals surface area contributed by atoms with Crippen LogP contribution in [0.3, 0.4) is 0 Å². The highest BCUT2D eigenvalue weighted by Gasteiger charge is 2.07. The topological polar surface area (TPSA) is 35.5 Å². The Labute approximate surface area is 86.8 Å². The number of carbonyl (C=O) groups excluding carboxylic acids is 1. The summed E-state index contributed by atoms with van der Waals surface area (Å²) in [5, 5.41) is 0.377. The van der Waals surface area contributed by atoms with Gasteiger partial charge in [0.25, 0.3) is 0 Å². The van der Waals surface area contributed by atoms with E-state index in [4.69, 9.17) is 16.5 Å². The van der Waals surface area contributed by atoms with Crippen LogP contribution in [0.5, 0.6) is 5.75 Å². The van der Waals surface area contributed by atoms with E-state index in [0.29, 0.717) is 10.8 Å². The van der Waals surface area contributed by atoms with Crippen LogP contribution in [0, 0.1) is 0 Å². The largest absolute Gasteiger partial charge is 0.381 e. The molecule has 0 aliphatic heterocycles. The van der Waals surface area contributed by atoms with Crippen molar-refractivity contribution in [2.75, 3.05) is 0 Å². The zero-order valence-corrected chi connectivity index (χ0v) is 8.38. The van der Waals surface area contributed by atoms with Gasteiger partial charge in [0.15, 0.2) is 5.75 Å². The predicted octanol–water partition coefficient (Wildman–Crippen LogP) is 2.75. The SMILES string of the molecule is C=C(C)C(=O)OOc1ccccc1Cl. The fourth-order valence-corrected chi connectivity index (χ4v) is 0.833. The van der Waals surface area contributed by atoms with Gasteiger partial charge in [0.1, 0.15) is 0 Å². The summed E-state index contributed by atoms with van der Waals surface area (Å²) in [4.78, 5) is 20.1. The third kappa shape index (κ3) is 2.78. The third-order valence-electron chi connectivity index (χ3n) is 1.39. The summed E-state index contributed by atoms with van der Waals surface area (Å²) < 4.78 is 0. The molecule has 3 nitrogen and oxygen atoms in total. The highest BCUT2D eigenvalue weighted by atomic mass is 35.5. The van der Waals surface area contributed by atoms with Gasteiger partial charge in [-0.15, -0.1) is 0 Å². The predicted molar refractivity (Wildman–Crippen MR) is 53.0 cm³/mol. The van der Waals surface area contributed by atoms with Gasteiger partial charge in [-0.2, -0.15) is 0 Å². The van der Waals surface area contributed by atoms with Crippen molar-refractivity contribution in [2.24, 2.45) is 0 Å². The molecule has 1 aromatic carbocycles. The lowest BCUT2D eigenvalue weighted by atomic mass is 10.3. The van der Waals surface area contributed by atoms with Crippen LogP contribution >= 0.6 is 11.6 Å². The Morgan fingerprint density at radius 2 is 2.07 bits per heavy atom. The van der Waals surface area contributed by atoms with Crippen molar-refractivity contribution >= 4 is 17.6 Å². The molecule has 0 saturated carbocycles. The van der Waals surface area contributed by atoms with Crippen LogP contribution in [-0.2, 0) is 9.68 Å². The summed E-state index contributed by atoms with van der Waals surface area (Å²) in [5.74, 6) is -0.325. The number of carbonyl (C=O) groups is 1. The van der Waals surface area contributed by atoms with Gasteiger partial charge in [0.2, 0.25) is 0 Å². The molecule has 0 aliphatic carbocycles. The van der Waals surface area contributed by atoms with Crippen LogP contribution in [0.1, 0.15) is 6.92 Å². The maximum atomic E-state index is 10.9. The standard InChI is InChI=1S/C10H9ClO3/c1-7(2)10(12)14-13-9-6-4-3-5-8(9)11/h3-6H,1H2,2H3. The fourth-order valence-electron chi connectivity index (χ4n) is 0.666. The van der Waals surface area contributed by atoms with Gasteiger partial charge < -0.3 is 0 Å². The molecule has 0 bridgehead atoms. The average Bonchev–Trinajstić information content (AvgIpc) is 2.16. The first kappa shape index (κ1) is 10.6. The number of para-hydroxylation sites is 1.